The number of anilines is 1. The van der Waals surface area contributed by atoms with E-state index in [1.165, 1.54) is 24.9 Å². The van der Waals surface area contributed by atoms with Crippen molar-refractivity contribution in [2.45, 2.75) is 89.1 Å². The van der Waals surface area contributed by atoms with Gasteiger partial charge in [0.05, 0.1) is 13.4 Å². The summed E-state index contributed by atoms with van der Waals surface area (Å²) >= 11 is 0. The molecule has 1 unspecified atom stereocenters. The number of hydrogen-bond acceptors (Lipinski definition) is 14. The number of ether oxygens (including phenoxy) is 4. The van der Waals surface area contributed by atoms with Crippen LogP contribution in [0.4, 0.5) is 5.95 Å². The Bertz CT molecular complexity index is 1840. The molecular weight excluding hydrogens is 655 g/mol. The standard InChI is InChI=1S/C33H41N6O9P/c1-18(2)24(30(41)46-20-11-6-5-7-12-20)38-49(43)48-26-21-13-9-8-10-19(21)14-15-22(26)45-16-23-27(40)33(3,42)31(47-23)39-17-35-25-28(39)36-32(34)37-29(25)44-4/h8-10,13-15,17-18,20,23-24,27,31,40,42H,5-7,11-12,16H2,1-4H3,(H2,34,36,37)/t23-,24+,27-,31-,33-/m1/s1. The third-order valence-electron chi connectivity index (χ3n) is 8.95. The minimum atomic E-state index is -2.74. The second kappa shape index (κ2) is 14.4. The Balaban J connectivity index is 1.23. The molecule has 6 rings (SSSR count). The molecule has 4 aromatic rings. The SMILES string of the molecule is COc1nc(N)nc2c1ncn2[C@@H]1O[C@H](COc2ccc3ccccc3c2O[P+]([O-])=N[C@H](C(=O)OC2CCCCC2)C(C)C)[C@@H](O)[C@@]1(C)O. The van der Waals surface area contributed by atoms with E-state index in [1.807, 2.05) is 26.0 Å². The summed E-state index contributed by atoms with van der Waals surface area (Å²) in [5.74, 6) is -0.384. The van der Waals surface area contributed by atoms with Gasteiger partial charge in [0, 0.05) is 5.39 Å². The van der Waals surface area contributed by atoms with Gasteiger partial charge in [0.25, 0.3) is 0 Å². The van der Waals surface area contributed by atoms with Gasteiger partial charge >= 0.3 is 14.1 Å². The summed E-state index contributed by atoms with van der Waals surface area (Å²) in [7, 11) is -1.32. The fraction of sp³-hybridized carbons (Fsp3) is 0.515. The van der Waals surface area contributed by atoms with Crippen molar-refractivity contribution in [1.29, 1.82) is 0 Å². The molecule has 1 aliphatic carbocycles. The van der Waals surface area contributed by atoms with Crippen LogP contribution in [0.15, 0.2) is 47.5 Å². The van der Waals surface area contributed by atoms with Crippen molar-refractivity contribution in [3.8, 4) is 17.4 Å². The molecule has 0 radical (unpaired) electrons. The summed E-state index contributed by atoms with van der Waals surface area (Å²) in [6, 6.07) is 9.77. The molecule has 0 bridgehead atoms. The van der Waals surface area contributed by atoms with Crippen LogP contribution in [0.2, 0.25) is 0 Å². The summed E-state index contributed by atoms with van der Waals surface area (Å²) < 4.78 is 34.9. The van der Waals surface area contributed by atoms with Gasteiger partial charge in [-0.25, -0.2) is 9.78 Å². The Kier molecular flexibility index (Phi) is 10.2. The molecule has 1 saturated heterocycles. The number of esters is 1. The molecule has 2 aromatic carbocycles. The number of aliphatic hydroxyl groups is 2. The van der Waals surface area contributed by atoms with Gasteiger partial charge in [-0.3, -0.25) is 9.09 Å². The van der Waals surface area contributed by atoms with Crippen LogP contribution in [0.25, 0.3) is 21.9 Å². The number of aliphatic hydroxyl groups excluding tert-OH is 1. The van der Waals surface area contributed by atoms with E-state index in [0.717, 1.165) is 37.5 Å². The van der Waals surface area contributed by atoms with Crippen molar-refractivity contribution in [2.24, 2.45) is 10.7 Å². The summed E-state index contributed by atoms with van der Waals surface area (Å²) in [6.45, 7) is 4.82. The lowest BCUT2D eigenvalue weighted by Crippen LogP contribution is -2.44. The first kappa shape index (κ1) is 34.7. The quantitative estimate of drug-likeness (QED) is 0.151. The topological polar surface area (TPSA) is 209 Å². The van der Waals surface area contributed by atoms with E-state index in [-0.39, 0.29) is 47.6 Å². The molecular formula is C33H41N6O9P. The molecule has 2 aromatic heterocycles. The van der Waals surface area contributed by atoms with E-state index in [0.29, 0.717) is 10.9 Å². The number of rotatable bonds is 11. The predicted octanol–water partition coefficient (Wildman–Crippen LogP) is 3.79. The molecule has 0 amide bonds. The van der Waals surface area contributed by atoms with E-state index in [9.17, 15) is 19.9 Å². The number of nitrogens with two attached hydrogens (primary N) is 1. The third kappa shape index (κ3) is 7.12. The van der Waals surface area contributed by atoms with Crippen molar-refractivity contribution >= 4 is 42.0 Å². The number of carbonyl (C=O) groups excluding carboxylic acids is 1. The van der Waals surface area contributed by atoms with Gasteiger partial charge in [-0.2, -0.15) is 9.97 Å². The summed E-state index contributed by atoms with van der Waals surface area (Å²) in [6.07, 6.45) is 2.39. The molecule has 15 nitrogen and oxygen atoms in total. The van der Waals surface area contributed by atoms with E-state index in [4.69, 9.17) is 29.2 Å². The lowest BCUT2D eigenvalue weighted by atomic mass is 9.96. The number of methoxy groups -OCH3 is 1. The molecule has 2 aliphatic rings. The van der Waals surface area contributed by atoms with Crippen molar-refractivity contribution < 1.29 is 43.4 Å². The Labute approximate surface area is 284 Å². The summed E-state index contributed by atoms with van der Waals surface area (Å²) in [5.41, 5.74) is 4.59. The molecule has 262 valence electrons. The second-order valence-electron chi connectivity index (χ2n) is 12.9. The van der Waals surface area contributed by atoms with E-state index in [1.54, 1.807) is 24.3 Å². The van der Waals surface area contributed by atoms with Crippen molar-refractivity contribution in [2.75, 3.05) is 19.5 Å². The Morgan fingerprint density at radius 2 is 1.96 bits per heavy atom. The van der Waals surface area contributed by atoms with Crippen LogP contribution in [-0.4, -0.2) is 79.4 Å². The predicted molar refractivity (Wildman–Crippen MR) is 178 cm³/mol. The number of fused-ring (bicyclic) bond motifs is 2. The number of benzene rings is 2. The van der Waals surface area contributed by atoms with Gasteiger partial charge in [-0.1, -0.05) is 55.3 Å². The van der Waals surface area contributed by atoms with Gasteiger partial charge in [-0.05, 0) is 50.0 Å². The lowest BCUT2D eigenvalue weighted by molar-refractivity contribution is -0.170. The number of imidazole rings is 1. The maximum atomic E-state index is 13.4. The molecule has 1 saturated carbocycles. The van der Waals surface area contributed by atoms with Crippen LogP contribution in [0.5, 0.6) is 17.4 Å². The molecule has 16 heteroatoms. The average Bonchev–Trinajstić information content (AvgIpc) is 3.59. The maximum absolute atomic E-state index is 13.4. The van der Waals surface area contributed by atoms with E-state index >= 15 is 0 Å². The van der Waals surface area contributed by atoms with Crippen molar-refractivity contribution in [3.63, 3.8) is 0 Å². The second-order valence-corrected chi connectivity index (χ2v) is 13.8. The Morgan fingerprint density at radius 3 is 2.69 bits per heavy atom. The fourth-order valence-electron chi connectivity index (χ4n) is 6.27. The van der Waals surface area contributed by atoms with Gasteiger partial charge in [0.2, 0.25) is 17.6 Å². The van der Waals surface area contributed by atoms with Gasteiger partial charge in [0.1, 0.15) is 30.5 Å². The summed E-state index contributed by atoms with van der Waals surface area (Å²) in [5, 5.41) is 24.0. The van der Waals surface area contributed by atoms with Gasteiger partial charge in [-0.15, -0.1) is 0 Å². The van der Waals surface area contributed by atoms with Crippen LogP contribution in [0.1, 0.15) is 59.1 Å². The molecule has 3 heterocycles. The largest absolute Gasteiger partial charge is 0.575 e. The highest BCUT2D eigenvalue weighted by molar-refractivity contribution is 7.34. The van der Waals surface area contributed by atoms with Crippen LogP contribution in [-0.2, 0) is 14.3 Å². The molecule has 49 heavy (non-hydrogen) atoms. The number of hydrogen-bond donors (Lipinski definition) is 3. The Hall–Kier alpha value is -4.14. The lowest BCUT2D eigenvalue weighted by Gasteiger charge is -2.27. The number of aromatic nitrogens is 4. The first-order valence-electron chi connectivity index (χ1n) is 16.3. The molecule has 6 atom stereocenters. The number of nitrogen functional groups attached to an aromatic ring is 1. The van der Waals surface area contributed by atoms with E-state index in [2.05, 4.69) is 19.7 Å². The maximum Gasteiger partial charge on any atom is 0.395 e. The third-order valence-corrected chi connectivity index (χ3v) is 9.73. The minimum absolute atomic E-state index is 0.0705. The zero-order chi connectivity index (χ0) is 34.9. The zero-order valence-electron chi connectivity index (χ0n) is 27.8. The summed E-state index contributed by atoms with van der Waals surface area (Å²) in [4.78, 5) is 39.1. The molecule has 1 aliphatic heterocycles. The highest BCUT2D eigenvalue weighted by Gasteiger charge is 2.54. The molecule has 4 N–H and O–H groups in total. The van der Waals surface area contributed by atoms with Crippen molar-refractivity contribution in [3.05, 3.63) is 42.7 Å². The van der Waals surface area contributed by atoms with Crippen LogP contribution in [0, 0.1) is 5.92 Å². The number of nitrogens with zero attached hydrogens (tertiary/aromatic N) is 5. The smallest absolute Gasteiger partial charge is 0.395 e. The van der Waals surface area contributed by atoms with Gasteiger partial charge in [0.15, 0.2) is 29.2 Å². The Morgan fingerprint density at radius 1 is 1.20 bits per heavy atom. The highest BCUT2D eigenvalue weighted by atomic mass is 31.1. The van der Waals surface area contributed by atoms with Crippen LogP contribution < -0.4 is 24.6 Å². The highest BCUT2D eigenvalue weighted by Crippen LogP contribution is 2.43. The monoisotopic (exact) mass is 696 g/mol. The van der Waals surface area contributed by atoms with E-state index < -0.39 is 44.2 Å². The average molecular weight is 697 g/mol. The van der Waals surface area contributed by atoms with Crippen molar-refractivity contribution in [1.82, 2.24) is 19.5 Å². The normalized spacial score (nSPS) is 24.0. The number of carbonyl (C=O) groups is 1. The van der Waals surface area contributed by atoms with Crippen LogP contribution in [0.3, 0.4) is 0 Å². The molecule has 2 fully saturated rings. The zero-order valence-corrected chi connectivity index (χ0v) is 28.7. The molecule has 0 spiro atoms. The first-order valence-corrected chi connectivity index (χ1v) is 17.4. The van der Waals surface area contributed by atoms with Crippen LogP contribution >= 0.6 is 8.17 Å². The minimum Gasteiger partial charge on any atom is -0.575 e. The van der Waals surface area contributed by atoms with Gasteiger partial charge < -0.3 is 39.8 Å². The fourth-order valence-corrected chi connectivity index (χ4v) is 7.23. The first-order chi connectivity index (χ1) is 23.5.